The predicted molar refractivity (Wildman–Crippen MR) is 269 cm³/mol. The van der Waals surface area contributed by atoms with Crippen molar-refractivity contribution in [1.29, 1.82) is 0 Å². The molecule has 0 amide bonds. The van der Waals surface area contributed by atoms with Gasteiger partial charge in [-0.15, -0.1) is 0 Å². The third-order valence-electron chi connectivity index (χ3n) is 10.8. The van der Waals surface area contributed by atoms with Gasteiger partial charge < -0.3 is 18.1 Å². The van der Waals surface area contributed by atoms with E-state index in [-0.39, 0.29) is 21.7 Å². The normalized spacial score (nSPS) is 14.1. The van der Waals surface area contributed by atoms with Crippen LogP contribution in [0.4, 0.5) is 0 Å². The number of rotatable bonds is 14. The summed E-state index contributed by atoms with van der Waals surface area (Å²) < 4.78 is 27.6. The van der Waals surface area contributed by atoms with Crippen LogP contribution in [-0.4, -0.2) is 6.61 Å². The molecule has 2 unspecified atom stereocenters. The molecule has 0 heterocycles. The first-order chi connectivity index (χ1) is 28.9. The van der Waals surface area contributed by atoms with Crippen LogP contribution in [0.3, 0.4) is 0 Å². The van der Waals surface area contributed by atoms with Gasteiger partial charge in [0.05, 0.1) is 11.9 Å². The Bertz CT molecular complexity index is 2330. The Morgan fingerprint density at radius 1 is 0.532 bits per heavy atom. The van der Waals surface area contributed by atoms with Crippen LogP contribution in [0, 0.1) is 13.8 Å². The number of hydrogen-bond donors (Lipinski definition) is 0. The molecule has 0 aliphatic rings. The van der Waals surface area contributed by atoms with Crippen molar-refractivity contribution < 1.29 is 18.1 Å². The van der Waals surface area contributed by atoms with E-state index in [4.69, 9.17) is 18.1 Å². The van der Waals surface area contributed by atoms with E-state index in [0.717, 1.165) is 50.1 Å². The summed E-state index contributed by atoms with van der Waals surface area (Å²) in [6.45, 7) is 36.0. The quantitative estimate of drug-likeness (QED) is 0.0823. The fraction of sp³-hybridized carbons (Fsp3) is 0.393. The van der Waals surface area contributed by atoms with Crippen molar-refractivity contribution in [3.63, 3.8) is 0 Å². The van der Waals surface area contributed by atoms with Crippen LogP contribution in [-0.2, 0) is 32.6 Å². The molecule has 330 valence electrons. The Morgan fingerprint density at radius 2 is 1.00 bits per heavy atom. The molecule has 0 saturated heterocycles. The summed E-state index contributed by atoms with van der Waals surface area (Å²) in [5.41, 5.74) is 10.5. The van der Waals surface area contributed by atoms with Gasteiger partial charge in [0.1, 0.15) is 17.2 Å². The zero-order valence-electron chi connectivity index (χ0n) is 40.5. The van der Waals surface area contributed by atoms with Gasteiger partial charge in [-0.2, -0.15) is 0 Å². The van der Waals surface area contributed by atoms with Gasteiger partial charge in [-0.05, 0) is 120 Å². The Morgan fingerprint density at radius 3 is 1.47 bits per heavy atom. The van der Waals surface area contributed by atoms with Crippen LogP contribution in [0.2, 0.25) is 0 Å². The highest BCUT2D eigenvalue weighted by atomic mass is 31.2. The molecule has 6 heteroatoms. The minimum absolute atomic E-state index is 0.0230. The van der Waals surface area contributed by atoms with Crippen LogP contribution in [0.5, 0.6) is 17.2 Å². The largest absolute Gasteiger partial charge is 0.443 e. The molecule has 62 heavy (non-hydrogen) atoms. The first-order valence-electron chi connectivity index (χ1n) is 22.0. The zero-order valence-corrected chi connectivity index (χ0v) is 42.3. The predicted octanol–water partition coefficient (Wildman–Crippen LogP) is 15.8. The van der Waals surface area contributed by atoms with Crippen molar-refractivity contribution in [3.05, 3.63) is 171 Å². The van der Waals surface area contributed by atoms with Crippen LogP contribution >= 0.6 is 16.8 Å². The summed E-state index contributed by atoms with van der Waals surface area (Å²) in [5.74, 6) is 2.61. The molecule has 0 aromatic heterocycles. The van der Waals surface area contributed by atoms with E-state index in [1.807, 2.05) is 24.3 Å². The maximum atomic E-state index is 7.07. The minimum atomic E-state index is -1.52. The summed E-state index contributed by atoms with van der Waals surface area (Å²) in [7, 11) is -2.91. The number of hydrogen-bond acceptors (Lipinski definition) is 4. The summed E-state index contributed by atoms with van der Waals surface area (Å²) >= 11 is 0. The van der Waals surface area contributed by atoms with Crippen molar-refractivity contribution in [2.45, 2.75) is 139 Å². The molecule has 0 bridgehead atoms. The average molecular weight is 871 g/mol. The molecule has 5 aromatic rings. The monoisotopic (exact) mass is 870 g/mol. The second-order valence-corrected chi connectivity index (χ2v) is 23.7. The fourth-order valence-electron chi connectivity index (χ4n) is 7.21. The Balaban J connectivity index is 1.39. The van der Waals surface area contributed by atoms with Gasteiger partial charge >= 0.3 is 8.38 Å². The molecule has 0 radical (unpaired) electrons. The second-order valence-electron chi connectivity index (χ2n) is 20.9. The number of allylic oxidation sites excluding steroid dienone is 3. The van der Waals surface area contributed by atoms with Crippen molar-refractivity contribution in [2.24, 2.45) is 0 Å². The van der Waals surface area contributed by atoms with Crippen LogP contribution in [0.25, 0.3) is 0 Å². The lowest BCUT2D eigenvalue weighted by Crippen LogP contribution is -2.18. The van der Waals surface area contributed by atoms with Crippen molar-refractivity contribution in [1.82, 2.24) is 0 Å². The van der Waals surface area contributed by atoms with Crippen molar-refractivity contribution >= 4 is 27.4 Å². The van der Waals surface area contributed by atoms with E-state index < -0.39 is 16.8 Å². The molecule has 0 fully saturated rings. The maximum absolute atomic E-state index is 7.07. The third-order valence-corrected chi connectivity index (χ3v) is 13.7. The van der Waals surface area contributed by atoms with E-state index >= 15 is 0 Å². The van der Waals surface area contributed by atoms with Gasteiger partial charge in [0, 0.05) is 16.4 Å². The maximum Gasteiger partial charge on any atom is 0.326 e. The van der Waals surface area contributed by atoms with E-state index in [0.29, 0.717) is 13.0 Å². The molecule has 5 rings (SSSR count). The fourth-order valence-corrected chi connectivity index (χ4v) is 10.0. The molecule has 2 atom stereocenters. The van der Waals surface area contributed by atoms with E-state index in [1.54, 1.807) is 0 Å². The SMILES string of the molecule is CC(=C/Cc1cc(C)cc(C)c1OP(Oc1ccc(C(C)(C)C)cc1C(C)(C)C)c1ccccc1)/C=C(/C)COP(Oc1ccc(C(C)(C)C)cc1C(C)(C)C)c1ccccc1. The molecular weight excluding hydrogens is 799 g/mol. The van der Waals surface area contributed by atoms with E-state index in [9.17, 15) is 0 Å². The van der Waals surface area contributed by atoms with Gasteiger partial charge in [-0.1, -0.05) is 179 Å². The van der Waals surface area contributed by atoms with Gasteiger partial charge in [0.15, 0.2) is 0 Å². The lowest BCUT2D eigenvalue weighted by Gasteiger charge is -2.29. The van der Waals surface area contributed by atoms with Crippen LogP contribution in [0.1, 0.15) is 136 Å². The lowest BCUT2D eigenvalue weighted by molar-refractivity contribution is 0.349. The van der Waals surface area contributed by atoms with Gasteiger partial charge in [-0.25, -0.2) is 0 Å². The van der Waals surface area contributed by atoms with E-state index in [1.165, 1.54) is 27.8 Å². The summed E-state index contributed by atoms with van der Waals surface area (Å²) in [4.78, 5) is 0. The minimum Gasteiger partial charge on any atom is -0.443 e. The smallest absolute Gasteiger partial charge is 0.326 e. The third kappa shape index (κ3) is 13.4. The second kappa shape index (κ2) is 20.1. The summed E-state index contributed by atoms with van der Waals surface area (Å²) in [6.07, 6.45) is 5.21. The molecule has 4 nitrogen and oxygen atoms in total. The summed E-state index contributed by atoms with van der Waals surface area (Å²) in [5, 5.41) is 2.06. The number of benzene rings is 5. The lowest BCUT2D eigenvalue weighted by atomic mass is 9.80. The molecule has 0 aliphatic heterocycles. The molecule has 0 spiro atoms. The molecule has 0 aliphatic carbocycles. The molecule has 0 N–H and O–H groups in total. The van der Waals surface area contributed by atoms with Crippen LogP contribution in [0.15, 0.2) is 132 Å². The first-order valence-corrected chi connectivity index (χ1v) is 24.4. The topological polar surface area (TPSA) is 36.9 Å². The van der Waals surface area contributed by atoms with Crippen molar-refractivity contribution in [2.75, 3.05) is 6.61 Å². The molecule has 0 saturated carbocycles. The first kappa shape index (κ1) is 48.8. The summed E-state index contributed by atoms with van der Waals surface area (Å²) in [6, 6.07) is 38.4. The Labute approximate surface area is 378 Å². The van der Waals surface area contributed by atoms with Gasteiger partial charge in [0.25, 0.3) is 8.38 Å². The van der Waals surface area contributed by atoms with Gasteiger partial charge in [-0.3, -0.25) is 0 Å². The zero-order chi connectivity index (χ0) is 45.6. The highest BCUT2D eigenvalue weighted by Crippen LogP contribution is 2.47. The van der Waals surface area contributed by atoms with Gasteiger partial charge in [0.2, 0.25) is 0 Å². The highest BCUT2D eigenvalue weighted by molar-refractivity contribution is 7.57. The molecule has 5 aromatic carbocycles. The average Bonchev–Trinajstić information content (AvgIpc) is 3.18. The Hall–Kier alpha value is -4.20. The molecular formula is C56H72O4P2. The highest BCUT2D eigenvalue weighted by Gasteiger charge is 2.29. The Kier molecular flexibility index (Phi) is 15.8. The van der Waals surface area contributed by atoms with E-state index in [2.05, 4.69) is 208 Å². The van der Waals surface area contributed by atoms with Crippen LogP contribution < -0.4 is 24.2 Å². The standard InChI is InChI=1S/C56H72O4P2/c1-39(33-41(3)38-57-61(46-23-19-17-20-24-46)58-50-31-29-44(53(5,6)7)36-48(50)55(11,12)13)27-28-43-35-40(2)34-42(4)52(43)60-62(47-25-21-18-22-26-47)59-51-32-30-45(54(8,9)10)37-49(51)56(14,15)16/h17-27,29-37H,28,38H2,1-16H3/b39-27-,41-33-. The number of aryl methyl sites for hydroxylation is 2. The van der Waals surface area contributed by atoms with Crippen molar-refractivity contribution in [3.8, 4) is 17.2 Å².